The van der Waals surface area contributed by atoms with Crippen molar-refractivity contribution >= 4 is 11.8 Å². The van der Waals surface area contributed by atoms with Gasteiger partial charge >= 0.3 is 0 Å². The number of likely N-dealkylation sites (tertiary alicyclic amines) is 1. The summed E-state index contributed by atoms with van der Waals surface area (Å²) in [5.41, 5.74) is -0.155. The van der Waals surface area contributed by atoms with Crippen molar-refractivity contribution in [1.29, 1.82) is 0 Å². The summed E-state index contributed by atoms with van der Waals surface area (Å²) >= 11 is 0. The van der Waals surface area contributed by atoms with Crippen molar-refractivity contribution in [1.82, 2.24) is 4.90 Å². The molecule has 2 fully saturated rings. The Labute approximate surface area is 107 Å². The Morgan fingerprint density at radius 2 is 1.56 bits per heavy atom. The lowest BCUT2D eigenvalue weighted by Crippen LogP contribution is -2.43. The van der Waals surface area contributed by atoms with Crippen LogP contribution in [0.4, 0.5) is 0 Å². The molecule has 1 heterocycles. The number of fused-ring (bicyclic) bond motifs is 1. The molecule has 2 atom stereocenters. The number of imide groups is 1. The van der Waals surface area contributed by atoms with E-state index in [-0.39, 0.29) is 35.6 Å². The van der Waals surface area contributed by atoms with Crippen LogP contribution in [-0.2, 0) is 19.1 Å². The van der Waals surface area contributed by atoms with Crippen LogP contribution in [0.3, 0.4) is 0 Å². The number of nitrogens with zero attached hydrogens (tertiary/aromatic N) is 1. The van der Waals surface area contributed by atoms with Crippen molar-refractivity contribution in [2.24, 2.45) is 17.3 Å². The SMILES string of the molecule is CCOC(CN1C(=O)C2C(C1=O)C2(C)C)OCC. The van der Waals surface area contributed by atoms with Gasteiger partial charge in [-0.1, -0.05) is 13.8 Å². The Kier molecular flexibility index (Phi) is 3.47. The summed E-state index contributed by atoms with van der Waals surface area (Å²) in [5.74, 6) is -0.401. The fraction of sp³-hybridized carbons (Fsp3) is 0.846. The van der Waals surface area contributed by atoms with Gasteiger partial charge in [0, 0.05) is 13.2 Å². The van der Waals surface area contributed by atoms with Crippen molar-refractivity contribution in [2.45, 2.75) is 34.0 Å². The normalized spacial score (nSPS) is 29.1. The van der Waals surface area contributed by atoms with E-state index in [2.05, 4.69) is 0 Å². The fourth-order valence-corrected chi connectivity index (χ4v) is 2.86. The first-order chi connectivity index (χ1) is 8.45. The van der Waals surface area contributed by atoms with Crippen LogP contribution in [0.1, 0.15) is 27.7 Å². The van der Waals surface area contributed by atoms with Crippen LogP contribution < -0.4 is 0 Å². The van der Waals surface area contributed by atoms with Crippen LogP contribution in [0.2, 0.25) is 0 Å². The molecule has 102 valence electrons. The molecule has 1 aliphatic carbocycles. The van der Waals surface area contributed by atoms with Crippen LogP contribution in [-0.4, -0.2) is 42.8 Å². The zero-order valence-electron chi connectivity index (χ0n) is 11.4. The standard InChI is InChI=1S/C13H21NO4/c1-5-17-8(18-6-2)7-14-11(15)9-10(12(14)16)13(9,3)4/h8-10H,5-7H2,1-4H3. The molecule has 0 aromatic carbocycles. The molecule has 5 heteroatoms. The van der Waals surface area contributed by atoms with E-state index in [9.17, 15) is 9.59 Å². The smallest absolute Gasteiger partial charge is 0.233 e. The summed E-state index contributed by atoms with van der Waals surface area (Å²) in [7, 11) is 0. The number of hydrogen-bond donors (Lipinski definition) is 0. The second-order valence-electron chi connectivity index (χ2n) is 5.40. The van der Waals surface area contributed by atoms with Gasteiger partial charge < -0.3 is 9.47 Å². The topological polar surface area (TPSA) is 55.8 Å². The van der Waals surface area contributed by atoms with E-state index >= 15 is 0 Å². The molecule has 2 amide bonds. The Balaban J connectivity index is 1.99. The molecule has 0 aromatic rings. The van der Waals surface area contributed by atoms with Crippen LogP contribution >= 0.6 is 0 Å². The van der Waals surface area contributed by atoms with Crippen molar-refractivity contribution < 1.29 is 19.1 Å². The van der Waals surface area contributed by atoms with Crippen molar-refractivity contribution in [3.8, 4) is 0 Å². The minimum atomic E-state index is -0.506. The van der Waals surface area contributed by atoms with Gasteiger partial charge in [0.2, 0.25) is 11.8 Å². The molecule has 0 spiro atoms. The average molecular weight is 255 g/mol. The molecule has 2 aliphatic rings. The van der Waals surface area contributed by atoms with Crippen LogP contribution in [0, 0.1) is 17.3 Å². The molecule has 1 aliphatic heterocycles. The molecule has 1 saturated heterocycles. The quantitative estimate of drug-likeness (QED) is 0.525. The molecular formula is C13H21NO4. The first-order valence-electron chi connectivity index (χ1n) is 6.53. The first-order valence-corrected chi connectivity index (χ1v) is 6.53. The van der Waals surface area contributed by atoms with Gasteiger partial charge in [-0.3, -0.25) is 14.5 Å². The van der Waals surface area contributed by atoms with Gasteiger partial charge in [0.1, 0.15) is 0 Å². The minimum Gasteiger partial charge on any atom is -0.351 e. The number of amides is 2. The highest BCUT2D eigenvalue weighted by molar-refractivity contribution is 6.10. The zero-order valence-corrected chi connectivity index (χ0v) is 11.4. The maximum atomic E-state index is 12.1. The molecule has 0 aromatic heterocycles. The van der Waals surface area contributed by atoms with E-state index in [1.54, 1.807) is 0 Å². The Morgan fingerprint density at radius 1 is 1.11 bits per heavy atom. The number of ether oxygens (including phenoxy) is 2. The van der Waals surface area contributed by atoms with Crippen molar-refractivity contribution in [3.63, 3.8) is 0 Å². The number of piperidine rings is 1. The maximum absolute atomic E-state index is 12.1. The highest BCUT2D eigenvalue weighted by Gasteiger charge is 2.72. The van der Waals surface area contributed by atoms with Crippen LogP contribution in [0.5, 0.6) is 0 Å². The fourth-order valence-electron chi connectivity index (χ4n) is 2.86. The van der Waals surface area contributed by atoms with E-state index in [1.165, 1.54) is 4.90 Å². The molecule has 5 nitrogen and oxygen atoms in total. The molecular weight excluding hydrogens is 234 g/mol. The van der Waals surface area contributed by atoms with E-state index < -0.39 is 6.29 Å². The lowest BCUT2D eigenvalue weighted by Gasteiger charge is -2.25. The number of carbonyl (C=O) groups is 2. The van der Waals surface area contributed by atoms with E-state index in [1.807, 2.05) is 27.7 Å². The van der Waals surface area contributed by atoms with Gasteiger partial charge in [-0.05, 0) is 19.3 Å². The molecule has 18 heavy (non-hydrogen) atoms. The summed E-state index contributed by atoms with van der Waals surface area (Å²) in [6.45, 7) is 8.87. The third-order valence-corrected chi connectivity index (χ3v) is 3.93. The zero-order chi connectivity index (χ0) is 13.5. The Bertz CT molecular complexity index is 336. The highest BCUT2D eigenvalue weighted by atomic mass is 16.7. The molecule has 1 saturated carbocycles. The lowest BCUT2D eigenvalue weighted by atomic mass is 10.1. The summed E-state index contributed by atoms with van der Waals surface area (Å²) in [6.07, 6.45) is -0.506. The van der Waals surface area contributed by atoms with Gasteiger partial charge in [-0.25, -0.2) is 0 Å². The third kappa shape index (κ3) is 1.95. The molecule has 0 radical (unpaired) electrons. The third-order valence-electron chi connectivity index (χ3n) is 3.93. The van der Waals surface area contributed by atoms with Crippen molar-refractivity contribution in [2.75, 3.05) is 19.8 Å². The summed E-state index contributed by atoms with van der Waals surface area (Å²) in [6, 6.07) is 0. The second kappa shape index (κ2) is 4.63. The van der Waals surface area contributed by atoms with E-state index in [4.69, 9.17) is 9.47 Å². The first kappa shape index (κ1) is 13.5. The van der Waals surface area contributed by atoms with Gasteiger partial charge in [0.05, 0.1) is 18.4 Å². The summed E-state index contributed by atoms with van der Waals surface area (Å²) in [5, 5.41) is 0. The highest BCUT2D eigenvalue weighted by Crippen LogP contribution is 2.63. The van der Waals surface area contributed by atoms with Gasteiger partial charge in [0.25, 0.3) is 0 Å². The van der Waals surface area contributed by atoms with Crippen LogP contribution in [0.15, 0.2) is 0 Å². The Morgan fingerprint density at radius 3 is 1.94 bits per heavy atom. The predicted octanol–water partition coefficient (Wildman–Crippen LogP) is 1.03. The molecule has 0 N–H and O–H groups in total. The van der Waals surface area contributed by atoms with Gasteiger partial charge in [-0.2, -0.15) is 0 Å². The Hall–Kier alpha value is -0.940. The molecule has 2 unspecified atom stereocenters. The number of hydrogen-bond acceptors (Lipinski definition) is 4. The summed E-state index contributed by atoms with van der Waals surface area (Å²) in [4.78, 5) is 25.5. The van der Waals surface area contributed by atoms with E-state index in [0.717, 1.165) is 0 Å². The lowest BCUT2D eigenvalue weighted by molar-refractivity contribution is -0.165. The predicted molar refractivity (Wildman–Crippen MR) is 64.5 cm³/mol. The van der Waals surface area contributed by atoms with Crippen LogP contribution in [0.25, 0.3) is 0 Å². The summed E-state index contributed by atoms with van der Waals surface area (Å²) < 4.78 is 10.7. The largest absolute Gasteiger partial charge is 0.351 e. The molecule has 2 rings (SSSR count). The van der Waals surface area contributed by atoms with Gasteiger partial charge in [0.15, 0.2) is 6.29 Å². The van der Waals surface area contributed by atoms with E-state index in [0.29, 0.717) is 13.2 Å². The maximum Gasteiger partial charge on any atom is 0.233 e. The number of rotatable bonds is 6. The second-order valence-corrected chi connectivity index (χ2v) is 5.40. The number of carbonyl (C=O) groups excluding carboxylic acids is 2. The average Bonchev–Trinajstić information content (AvgIpc) is 2.77. The van der Waals surface area contributed by atoms with Crippen molar-refractivity contribution in [3.05, 3.63) is 0 Å². The monoisotopic (exact) mass is 255 g/mol. The van der Waals surface area contributed by atoms with Gasteiger partial charge in [-0.15, -0.1) is 0 Å². The minimum absolute atomic E-state index is 0.0700. The molecule has 0 bridgehead atoms.